The van der Waals surface area contributed by atoms with Gasteiger partial charge in [-0.2, -0.15) is 0 Å². The van der Waals surface area contributed by atoms with Gasteiger partial charge < -0.3 is 15.0 Å². The van der Waals surface area contributed by atoms with Gasteiger partial charge in [-0.25, -0.2) is 9.97 Å². The number of hydrogen-bond acceptors (Lipinski definition) is 6. The molecule has 0 saturated heterocycles. The Labute approximate surface area is 188 Å². The number of hydrogen-bond donors (Lipinski definition) is 1. The number of carbonyl (C=O) groups excluding carboxylic acids is 1. The Morgan fingerprint density at radius 3 is 2.61 bits per heavy atom. The van der Waals surface area contributed by atoms with Crippen LogP contribution in [0, 0.1) is 6.92 Å². The minimum Gasteiger partial charge on any atom is -0.383 e. The molecule has 0 bridgehead atoms. The first-order valence-electron chi connectivity index (χ1n) is 10.1. The number of carbonyl (C=O) groups is 1. The van der Waals surface area contributed by atoms with E-state index in [1.165, 1.54) is 5.56 Å². The van der Waals surface area contributed by atoms with Crippen molar-refractivity contribution in [1.29, 1.82) is 0 Å². The molecule has 0 fully saturated rings. The van der Waals surface area contributed by atoms with Crippen LogP contribution in [-0.4, -0.2) is 43.2 Å². The molecule has 1 aromatic heterocycles. The molecule has 162 valence electrons. The van der Waals surface area contributed by atoms with Crippen LogP contribution in [0.25, 0.3) is 0 Å². The average Bonchev–Trinajstić information content (AvgIpc) is 2.78. The lowest BCUT2D eigenvalue weighted by Crippen LogP contribution is -2.26. The molecule has 0 radical (unpaired) electrons. The Bertz CT molecular complexity index is 998. The van der Waals surface area contributed by atoms with Gasteiger partial charge in [0, 0.05) is 50.3 Å². The second-order valence-electron chi connectivity index (χ2n) is 7.23. The predicted molar refractivity (Wildman–Crippen MR) is 126 cm³/mol. The predicted octanol–water partition coefficient (Wildman–Crippen LogP) is 4.09. The number of aryl methyl sites for hydroxylation is 1. The molecule has 3 aromatic rings. The molecule has 1 amide bonds. The van der Waals surface area contributed by atoms with E-state index in [1.54, 1.807) is 18.9 Å². The number of anilines is 1. The Hall–Kier alpha value is -2.90. The molecule has 1 N–H and O–H groups in total. The van der Waals surface area contributed by atoms with Gasteiger partial charge >= 0.3 is 0 Å². The first-order valence-corrected chi connectivity index (χ1v) is 11.1. The quantitative estimate of drug-likeness (QED) is 0.293. The fraction of sp³-hybridized carbons (Fsp3) is 0.292. The summed E-state index contributed by atoms with van der Waals surface area (Å²) in [5, 5.41) is 3.57. The van der Waals surface area contributed by atoms with Gasteiger partial charge in [-0.1, -0.05) is 54.2 Å². The highest BCUT2D eigenvalue weighted by atomic mass is 32.2. The Morgan fingerprint density at radius 2 is 1.84 bits per heavy atom. The molecule has 0 aliphatic heterocycles. The average molecular weight is 437 g/mol. The van der Waals surface area contributed by atoms with Gasteiger partial charge in [0.2, 0.25) is 0 Å². The maximum absolute atomic E-state index is 12.3. The Balaban J connectivity index is 1.64. The Kier molecular flexibility index (Phi) is 8.44. The zero-order chi connectivity index (χ0) is 22.1. The summed E-state index contributed by atoms with van der Waals surface area (Å²) in [6, 6.07) is 20.0. The van der Waals surface area contributed by atoms with Crippen LogP contribution in [0.5, 0.6) is 0 Å². The second kappa shape index (κ2) is 11.5. The van der Waals surface area contributed by atoms with Gasteiger partial charge in [0.1, 0.15) is 5.82 Å². The molecule has 2 aromatic carbocycles. The molecule has 31 heavy (non-hydrogen) atoms. The maximum Gasteiger partial charge on any atom is 0.251 e. The summed E-state index contributed by atoms with van der Waals surface area (Å²) < 4.78 is 4.97. The number of methoxy groups -OCH3 is 1. The molecule has 0 spiro atoms. The van der Waals surface area contributed by atoms with E-state index in [2.05, 4.69) is 27.3 Å². The zero-order valence-corrected chi connectivity index (χ0v) is 19.0. The van der Waals surface area contributed by atoms with Crippen LogP contribution >= 0.6 is 11.8 Å². The van der Waals surface area contributed by atoms with E-state index in [0.29, 0.717) is 24.5 Å². The molecule has 0 atom stereocenters. The third kappa shape index (κ3) is 7.08. The molecule has 0 aliphatic carbocycles. The van der Waals surface area contributed by atoms with Crippen LogP contribution < -0.4 is 10.2 Å². The van der Waals surface area contributed by atoms with E-state index in [-0.39, 0.29) is 5.91 Å². The summed E-state index contributed by atoms with van der Waals surface area (Å²) in [7, 11) is 3.65. The van der Waals surface area contributed by atoms with Crippen LogP contribution in [-0.2, 0) is 17.0 Å². The van der Waals surface area contributed by atoms with Crippen LogP contribution in [0.1, 0.15) is 27.2 Å². The van der Waals surface area contributed by atoms with E-state index in [0.717, 1.165) is 28.8 Å². The minimum atomic E-state index is -0.0967. The Morgan fingerprint density at radius 1 is 1.06 bits per heavy atom. The van der Waals surface area contributed by atoms with Crippen molar-refractivity contribution in [3.63, 3.8) is 0 Å². The van der Waals surface area contributed by atoms with Gasteiger partial charge in [0.05, 0.1) is 6.61 Å². The summed E-state index contributed by atoms with van der Waals surface area (Å²) in [5.74, 6) is 1.48. The summed E-state index contributed by atoms with van der Waals surface area (Å²) in [6.45, 7) is 3.75. The number of amides is 1. The minimum absolute atomic E-state index is 0.0967. The van der Waals surface area contributed by atoms with Crippen molar-refractivity contribution < 1.29 is 9.53 Å². The van der Waals surface area contributed by atoms with Gasteiger partial charge in [0.15, 0.2) is 5.16 Å². The van der Waals surface area contributed by atoms with Gasteiger partial charge in [-0.3, -0.25) is 4.79 Å². The largest absolute Gasteiger partial charge is 0.383 e. The monoisotopic (exact) mass is 436 g/mol. The van der Waals surface area contributed by atoms with Crippen molar-refractivity contribution in [2.75, 3.05) is 32.2 Å². The molecule has 0 saturated carbocycles. The smallest absolute Gasteiger partial charge is 0.251 e. The normalized spacial score (nSPS) is 10.7. The van der Waals surface area contributed by atoms with E-state index < -0.39 is 0 Å². The number of nitrogens with zero attached hydrogens (tertiary/aromatic N) is 3. The van der Waals surface area contributed by atoms with Crippen LogP contribution in [0.3, 0.4) is 0 Å². The number of thioether (sulfide) groups is 1. The zero-order valence-electron chi connectivity index (χ0n) is 18.2. The lowest BCUT2D eigenvalue weighted by Gasteiger charge is -2.19. The van der Waals surface area contributed by atoms with Crippen molar-refractivity contribution >= 4 is 23.5 Å². The third-order valence-electron chi connectivity index (χ3n) is 4.62. The first kappa shape index (κ1) is 22.8. The molecule has 7 heteroatoms. The lowest BCUT2D eigenvalue weighted by molar-refractivity contribution is 0.0937. The van der Waals surface area contributed by atoms with Crippen molar-refractivity contribution in [2.24, 2.45) is 0 Å². The van der Waals surface area contributed by atoms with Crippen molar-refractivity contribution in [2.45, 2.75) is 24.4 Å². The fourth-order valence-electron chi connectivity index (χ4n) is 3.04. The van der Waals surface area contributed by atoms with Crippen LogP contribution in [0.15, 0.2) is 65.8 Å². The van der Waals surface area contributed by atoms with E-state index in [1.807, 2.05) is 62.5 Å². The summed E-state index contributed by atoms with van der Waals surface area (Å²) in [6.07, 6.45) is 0. The molecular formula is C24H28N4O2S. The fourth-order valence-corrected chi connectivity index (χ4v) is 3.88. The summed E-state index contributed by atoms with van der Waals surface area (Å²) >= 11 is 1.57. The first-order chi connectivity index (χ1) is 15.0. The van der Waals surface area contributed by atoms with Gasteiger partial charge in [0.25, 0.3) is 5.91 Å². The number of aromatic nitrogens is 2. The van der Waals surface area contributed by atoms with E-state index in [4.69, 9.17) is 9.72 Å². The molecule has 3 rings (SSSR count). The summed E-state index contributed by atoms with van der Waals surface area (Å²) in [4.78, 5) is 23.7. The van der Waals surface area contributed by atoms with Crippen LogP contribution in [0.2, 0.25) is 0 Å². The van der Waals surface area contributed by atoms with E-state index >= 15 is 0 Å². The number of benzene rings is 2. The molecule has 6 nitrogen and oxygen atoms in total. The van der Waals surface area contributed by atoms with Crippen LogP contribution in [0.4, 0.5) is 5.82 Å². The highest BCUT2D eigenvalue weighted by Crippen LogP contribution is 2.23. The topological polar surface area (TPSA) is 67.3 Å². The third-order valence-corrected chi connectivity index (χ3v) is 5.54. The standard InChI is InChI=1S/C24H28N4O2S/c1-18-14-22(28(2)16-19-8-5-4-6-9-19)27-24(26-18)31-17-20-10-7-11-21(15-20)23(29)25-12-13-30-3/h4-11,14-15H,12-13,16-17H2,1-3H3,(H,25,29). The summed E-state index contributed by atoms with van der Waals surface area (Å²) in [5.41, 5.74) is 3.85. The number of nitrogens with one attached hydrogen (secondary N) is 1. The maximum atomic E-state index is 12.3. The highest BCUT2D eigenvalue weighted by molar-refractivity contribution is 7.98. The van der Waals surface area contributed by atoms with Gasteiger partial charge in [-0.05, 0) is 30.2 Å². The van der Waals surface area contributed by atoms with Crippen molar-refractivity contribution in [3.8, 4) is 0 Å². The molecule has 0 aliphatic rings. The second-order valence-corrected chi connectivity index (χ2v) is 8.17. The van der Waals surface area contributed by atoms with Crippen molar-refractivity contribution in [3.05, 3.63) is 83.0 Å². The number of ether oxygens (including phenoxy) is 1. The molecular weight excluding hydrogens is 408 g/mol. The van der Waals surface area contributed by atoms with Crippen molar-refractivity contribution in [1.82, 2.24) is 15.3 Å². The van der Waals surface area contributed by atoms with E-state index in [9.17, 15) is 4.79 Å². The lowest BCUT2D eigenvalue weighted by atomic mass is 10.1. The SMILES string of the molecule is COCCNC(=O)c1cccc(CSc2nc(C)cc(N(C)Cc3ccccc3)n2)c1. The number of rotatable bonds is 10. The molecule has 0 unspecified atom stereocenters. The highest BCUT2D eigenvalue weighted by Gasteiger charge is 2.10. The molecule has 1 heterocycles. The van der Waals surface area contributed by atoms with Gasteiger partial charge in [-0.15, -0.1) is 0 Å².